The van der Waals surface area contributed by atoms with Gasteiger partial charge >= 0.3 is 0 Å². The number of thioether (sulfide) groups is 1. The van der Waals surface area contributed by atoms with E-state index in [4.69, 9.17) is 11.6 Å². The summed E-state index contributed by atoms with van der Waals surface area (Å²) in [5.74, 6) is 0.763. The number of aromatic nitrogens is 4. The van der Waals surface area contributed by atoms with Crippen LogP contribution in [0.1, 0.15) is 5.69 Å². The summed E-state index contributed by atoms with van der Waals surface area (Å²) in [7, 11) is 0. The van der Waals surface area contributed by atoms with Crippen molar-refractivity contribution < 1.29 is 0 Å². The smallest absolute Gasteiger partial charge is 0.172 e. The Kier molecular flexibility index (Phi) is 3.81. The zero-order valence-corrected chi connectivity index (χ0v) is 13.7. The van der Waals surface area contributed by atoms with Gasteiger partial charge in [0.15, 0.2) is 5.16 Å². The third-order valence-electron chi connectivity index (χ3n) is 3.46. The molecule has 3 aromatic heterocycles. The van der Waals surface area contributed by atoms with E-state index < -0.39 is 0 Å². The average Bonchev–Trinajstić information content (AvgIpc) is 3.19. The molecular formula is C17H13ClN4S. The molecular weight excluding hydrogens is 328 g/mol. The van der Waals surface area contributed by atoms with Crippen LogP contribution in [0.4, 0.5) is 0 Å². The first kappa shape index (κ1) is 14.4. The predicted molar refractivity (Wildman–Crippen MR) is 93.3 cm³/mol. The van der Waals surface area contributed by atoms with Gasteiger partial charge in [-0.2, -0.15) is 0 Å². The standard InChI is InChI=1S/C17H13ClN4S/c18-13-4-3-5-15(10-13)22-9-7-19-17(22)23-12-14-11-21-8-2-1-6-16(21)20-14/h1-11H,12H2. The molecule has 0 fully saturated rings. The molecule has 0 bridgehead atoms. The van der Waals surface area contributed by atoms with Crippen LogP contribution in [0.15, 0.2) is 72.4 Å². The molecule has 114 valence electrons. The van der Waals surface area contributed by atoms with Crippen LogP contribution in [0.5, 0.6) is 0 Å². The van der Waals surface area contributed by atoms with E-state index >= 15 is 0 Å². The maximum atomic E-state index is 6.08. The third-order valence-corrected chi connectivity index (χ3v) is 4.69. The van der Waals surface area contributed by atoms with E-state index in [9.17, 15) is 0 Å². The van der Waals surface area contributed by atoms with Crippen molar-refractivity contribution in [1.29, 1.82) is 0 Å². The van der Waals surface area contributed by atoms with Gasteiger partial charge in [-0.15, -0.1) is 0 Å². The highest BCUT2D eigenvalue weighted by atomic mass is 35.5. The van der Waals surface area contributed by atoms with Gasteiger partial charge in [0.25, 0.3) is 0 Å². The molecule has 0 N–H and O–H groups in total. The summed E-state index contributed by atoms with van der Waals surface area (Å²) in [5.41, 5.74) is 3.00. The van der Waals surface area contributed by atoms with Crippen LogP contribution in [0.25, 0.3) is 11.3 Å². The number of pyridine rings is 1. The highest BCUT2D eigenvalue weighted by Crippen LogP contribution is 2.25. The van der Waals surface area contributed by atoms with E-state index in [0.717, 1.165) is 27.9 Å². The van der Waals surface area contributed by atoms with Crippen molar-refractivity contribution in [3.8, 4) is 5.69 Å². The van der Waals surface area contributed by atoms with E-state index in [1.165, 1.54) is 0 Å². The van der Waals surface area contributed by atoms with Gasteiger partial charge in [-0.25, -0.2) is 9.97 Å². The Morgan fingerprint density at radius 1 is 1.09 bits per heavy atom. The summed E-state index contributed by atoms with van der Waals surface area (Å²) in [4.78, 5) is 9.05. The first-order chi connectivity index (χ1) is 11.3. The van der Waals surface area contributed by atoms with Gasteiger partial charge < -0.3 is 4.40 Å². The van der Waals surface area contributed by atoms with Crippen LogP contribution in [0.2, 0.25) is 5.02 Å². The van der Waals surface area contributed by atoms with Crippen molar-refractivity contribution in [3.63, 3.8) is 0 Å². The molecule has 4 nitrogen and oxygen atoms in total. The summed E-state index contributed by atoms with van der Waals surface area (Å²) in [5, 5.41) is 1.64. The lowest BCUT2D eigenvalue weighted by Crippen LogP contribution is -1.95. The zero-order chi connectivity index (χ0) is 15.6. The maximum Gasteiger partial charge on any atom is 0.172 e. The Labute approximate surface area is 142 Å². The van der Waals surface area contributed by atoms with Crippen LogP contribution in [0, 0.1) is 0 Å². The van der Waals surface area contributed by atoms with Gasteiger partial charge in [0.1, 0.15) is 5.65 Å². The number of nitrogens with zero attached hydrogens (tertiary/aromatic N) is 4. The lowest BCUT2D eigenvalue weighted by molar-refractivity contribution is 0.894. The zero-order valence-electron chi connectivity index (χ0n) is 12.1. The van der Waals surface area contributed by atoms with Crippen molar-refractivity contribution in [3.05, 3.63) is 78.0 Å². The van der Waals surface area contributed by atoms with Crippen molar-refractivity contribution in [2.75, 3.05) is 0 Å². The van der Waals surface area contributed by atoms with Crippen LogP contribution in [0.3, 0.4) is 0 Å². The highest BCUT2D eigenvalue weighted by molar-refractivity contribution is 7.98. The third kappa shape index (κ3) is 2.98. The van der Waals surface area contributed by atoms with Crippen molar-refractivity contribution in [2.24, 2.45) is 0 Å². The Hall–Kier alpha value is -2.24. The van der Waals surface area contributed by atoms with Gasteiger partial charge in [-0.05, 0) is 30.3 Å². The first-order valence-electron chi connectivity index (χ1n) is 7.14. The number of imidazole rings is 2. The fraction of sp³-hybridized carbons (Fsp3) is 0.0588. The minimum atomic E-state index is 0.715. The van der Waals surface area contributed by atoms with E-state index in [-0.39, 0.29) is 0 Å². The second-order valence-electron chi connectivity index (χ2n) is 5.05. The Bertz CT molecular complexity index is 927. The quantitative estimate of drug-likeness (QED) is 0.514. The summed E-state index contributed by atoms with van der Waals surface area (Å²) in [6, 6.07) is 13.7. The predicted octanol–water partition coefficient (Wildman–Crippen LogP) is 4.47. The van der Waals surface area contributed by atoms with Crippen molar-refractivity contribution in [2.45, 2.75) is 10.9 Å². The molecule has 4 aromatic rings. The molecule has 6 heteroatoms. The van der Waals surface area contributed by atoms with E-state index in [1.807, 2.05) is 63.8 Å². The normalized spacial score (nSPS) is 11.2. The lowest BCUT2D eigenvalue weighted by atomic mass is 10.3. The molecule has 4 rings (SSSR count). The number of benzene rings is 1. The number of hydrogen-bond acceptors (Lipinski definition) is 3. The number of halogens is 1. The van der Waals surface area contributed by atoms with Gasteiger partial charge in [0.05, 0.1) is 5.69 Å². The molecule has 3 heterocycles. The SMILES string of the molecule is Clc1cccc(-n2ccnc2SCc2cn3ccccc3n2)c1. The van der Waals surface area contributed by atoms with Crippen molar-refractivity contribution >= 4 is 29.0 Å². The van der Waals surface area contributed by atoms with Crippen LogP contribution in [-0.4, -0.2) is 18.9 Å². The number of rotatable bonds is 4. The molecule has 23 heavy (non-hydrogen) atoms. The lowest BCUT2D eigenvalue weighted by Gasteiger charge is -2.07. The summed E-state index contributed by atoms with van der Waals surface area (Å²) >= 11 is 7.73. The largest absolute Gasteiger partial charge is 0.307 e. The summed E-state index contributed by atoms with van der Waals surface area (Å²) in [6.45, 7) is 0. The van der Waals surface area contributed by atoms with Gasteiger partial charge in [0.2, 0.25) is 0 Å². The van der Waals surface area contributed by atoms with Crippen LogP contribution < -0.4 is 0 Å². The molecule has 0 aliphatic rings. The molecule has 0 amide bonds. The summed E-state index contributed by atoms with van der Waals surface area (Å²) < 4.78 is 4.06. The highest BCUT2D eigenvalue weighted by Gasteiger charge is 2.08. The van der Waals surface area contributed by atoms with Crippen molar-refractivity contribution in [1.82, 2.24) is 18.9 Å². The second-order valence-corrected chi connectivity index (χ2v) is 6.43. The van der Waals surface area contributed by atoms with Gasteiger partial charge in [-0.3, -0.25) is 4.57 Å². The Morgan fingerprint density at radius 2 is 2.04 bits per heavy atom. The van der Waals surface area contributed by atoms with Gasteiger partial charge in [-0.1, -0.05) is 35.5 Å². The molecule has 0 aliphatic heterocycles. The molecule has 1 aromatic carbocycles. The number of hydrogen-bond donors (Lipinski definition) is 0. The monoisotopic (exact) mass is 340 g/mol. The fourth-order valence-electron chi connectivity index (χ4n) is 2.41. The fourth-order valence-corrected chi connectivity index (χ4v) is 3.46. The van der Waals surface area contributed by atoms with E-state index in [0.29, 0.717) is 5.02 Å². The van der Waals surface area contributed by atoms with E-state index in [2.05, 4.69) is 16.2 Å². The van der Waals surface area contributed by atoms with E-state index in [1.54, 1.807) is 18.0 Å². The van der Waals surface area contributed by atoms with Crippen LogP contribution in [-0.2, 0) is 5.75 Å². The molecule has 0 atom stereocenters. The second kappa shape index (κ2) is 6.10. The van der Waals surface area contributed by atoms with Gasteiger partial charge in [0, 0.05) is 41.3 Å². The maximum absolute atomic E-state index is 6.08. The molecule has 0 saturated heterocycles. The molecule has 0 spiro atoms. The summed E-state index contributed by atoms with van der Waals surface area (Å²) in [6.07, 6.45) is 7.79. The average molecular weight is 341 g/mol. The molecule has 0 radical (unpaired) electrons. The molecule has 0 aliphatic carbocycles. The minimum Gasteiger partial charge on any atom is -0.307 e. The number of fused-ring (bicyclic) bond motifs is 1. The minimum absolute atomic E-state index is 0.715. The molecule has 0 saturated carbocycles. The Morgan fingerprint density at radius 3 is 2.91 bits per heavy atom. The van der Waals surface area contributed by atoms with Crippen LogP contribution >= 0.6 is 23.4 Å². The topological polar surface area (TPSA) is 35.1 Å². The molecule has 0 unspecified atom stereocenters. The Balaban J connectivity index is 1.57. The first-order valence-corrected chi connectivity index (χ1v) is 8.51.